The lowest BCUT2D eigenvalue weighted by molar-refractivity contribution is -0.144. The number of amides is 1. The third-order valence-corrected chi connectivity index (χ3v) is 3.59. The predicted octanol–water partition coefficient (Wildman–Crippen LogP) is 1.83. The Morgan fingerprint density at radius 3 is 2.18 bits per heavy atom. The molecule has 0 aliphatic heterocycles. The van der Waals surface area contributed by atoms with Gasteiger partial charge in [0.15, 0.2) is 0 Å². The number of hydrogen-bond acceptors (Lipinski definition) is 3. The van der Waals surface area contributed by atoms with Crippen LogP contribution in [0, 0.1) is 0 Å². The largest absolute Gasteiger partial charge is 0.459 e. The highest BCUT2D eigenvalue weighted by Gasteiger charge is 2.26. The summed E-state index contributed by atoms with van der Waals surface area (Å²) in [7, 11) is 0. The number of rotatable bonds is 3. The third-order valence-electron chi connectivity index (χ3n) is 3.59. The van der Waals surface area contributed by atoms with Gasteiger partial charge in [-0.25, -0.2) is 4.79 Å². The summed E-state index contributed by atoms with van der Waals surface area (Å²) in [6, 6.07) is 0. The molecule has 0 aromatic rings. The zero-order chi connectivity index (χ0) is 12.3. The van der Waals surface area contributed by atoms with Crippen LogP contribution < -0.4 is 5.73 Å². The summed E-state index contributed by atoms with van der Waals surface area (Å²) in [5, 5.41) is 0. The van der Waals surface area contributed by atoms with Crippen LogP contribution in [0.1, 0.15) is 51.4 Å². The van der Waals surface area contributed by atoms with Crippen LogP contribution in [-0.2, 0) is 14.3 Å². The van der Waals surface area contributed by atoms with E-state index in [0.29, 0.717) is 24.0 Å². The third kappa shape index (κ3) is 2.87. The van der Waals surface area contributed by atoms with Gasteiger partial charge in [-0.3, -0.25) is 4.79 Å². The highest BCUT2D eigenvalue weighted by atomic mass is 16.5. The fourth-order valence-corrected chi connectivity index (χ4v) is 2.63. The van der Waals surface area contributed by atoms with Crippen molar-refractivity contribution in [1.82, 2.24) is 0 Å². The van der Waals surface area contributed by atoms with Crippen LogP contribution in [0.4, 0.5) is 0 Å². The summed E-state index contributed by atoms with van der Waals surface area (Å²) < 4.78 is 5.43. The maximum Gasteiger partial charge on any atom is 0.334 e. The van der Waals surface area contributed by atoms with Crippen molar-refractivity contribution in [1.29, 1.82) is 0 Å². The molecule has 0 saturated heterocycles. The molecular formula is C13H19NO3. The van der Waals surface area contributed by atoms with E-state index in [9.17, 15) is 9.59 Å². The summed E-state index contributed by atoms with van der Waals surface area (Å²) >= 11 is 0. The van der Waals surface area contributed by atoms with Crippen molar-refractivity contribution in [2.75, 3.05) is 0 Å². The SMILES string of the molecule is NC(=O)C1=C(C(=O)OC2CCCC2)CCCC1. The fourth-order valence-electron chi connectivity index (χ4n) is 2.63. The summed E-state index contributed by atoms with van der Waals surface area (Å²) in [5.74, 6) is -0.784. The number of nitrogens with two attached hydrogens (primary N) is 1. The van der Waals surface area contributed by atoms with Gasteiger partial charge in [0.2, 0.25) is 5.91 Å². The van der Waals surface area contributed by atoms with Crippen LogP contribution in [0.3, 0.4) is 0 Å². The van der Waals surface area contributed by atoms with Gasteiger partial charge in [-0.15, -0.1) is 0 Å². The highest BCUT2D eigenvalue weighted by molar-refractivity contribution is 6.02. The molecule has 4 heteroatoms. The molecule has 0 radical (unpaired) electrons. The van der Waals surface area contributed by atoms with Crippen LogP contribution >= 0.6 is 0 Å². The number of ether oxygens (including phenoxy) is 1. The van der Waals surface area contributed by atoms with Gasteiger partial charge in [0.1, 0.15) is 6.10 Å². The first kappa shape index (κ1) is 12.1. The standard InChI is InChI=1S/C13H19NO3/c14-12(15)10-7-3-4-8-11(10)13(16)17-9-5-1-2-6-9/h9H,1-8H2,(H2,14,15). The van der Waals surface area contributed by atoms with Crippen LogP contribution in [0.2, 0.25) is 0 Å². The molecule has 94 valence electrons. The van der Waals surface area contributed by atoms with Crippen LogP contribution in [0.15, 0.2) is 11.1 Å². The highest BCUT2D eigenvalue weighted by Crippen LogP contribution is 2.28. The number of hydrogen-bond donors (Lipinski definition) is 1. The molecule has 0 aromatic heterocycles. The minimum atomic E-state index is -0.469. The molecule has 0 atom stereocenters. The molecule has 0 spiro atoms. The van der Waals surface area contributed by atoms with E-state index in [2.05, 4.69) is 0 Å². The first-order chi connectivity index (χ1) is 8.18. The van der Waals surface area contributed by atoms with E-state index in [1.807, 2.05) is 0 Å². The van der Waals surface area contributed by atoms with E-state index in [4.69, 9.17) is 10.5 Å². The van der Waals surface area contributed by atoms with Crippen molar-refractivity contribution < 1.29 is 14.3 Å². The van der Waals surface area contributed by atoms with Crippen molar-refractivity contribution in [3.63, 3.8) is 0 Å². The first-order valence-corrected chi connectivity index (χ1v) is 6.41. The fraction of sp³-hybridized carbons (Fsp3) is 0.692. The molecule has 1 saturated carbocycles. The quantitative estimate of drug-likeness (QED) is 0.761. The second-order valence-corrected chi connectivity index (χ2v) is 4.84. The van der Waals surface area contributed by atoms with Gasteiger partial charge in [0, 0.05) is 11.1 Å². The van der Waals surface area contributed by atoms with Crippen LogP contribution in [0.5, 0.6) is 0 Å². The van der Waals surface area contributed by atoms with E-state index < -0.39 is 5.91 Å². The van der Waals surface area contributed by atoms with Gasteiger partial charge in [-0.2, -0.15) is 0 Å². The van der Waals surface area contributed by atoms with Crippen molar-refractivity contribution in [3.8, 4) is 0 Å². The summed E-state index contributed by atoms with van der Waals surface area (Å²) in [4.78, 5) is 23.2. The van der Waals surface area contributed by atoms with E-state index >= 15 is 0 Å². The molecule has 0 heterocycles. The average molecular weight is 237 g/mol. The normalized spacial score (nSPS) is 21.6. The summed E-state index contributed by atoms with van der Waals surface area (Å²) in [6.07, 6.45) is 7.31. The van der Waals surface area contributed by atoms with E-state index in [0.717, 1.165) is 38.5 Å². The van der Waals surface area contributed by atoms with Gasteiger partial charge in [-0.1, -0.05) is 0 Å². The smallest absolute Gasteiger partial charge is 0.334 e. The van der Waals surface area contributed by atoms with Crippen molar-refractivity contribution in [3.05, 3.63) is 11.1 Å². The van der Waals surface area contributed by atoms with Crippen LogP contribution in [-0.4, -0.2) is 18.0 Å². The molecule has 1 fully saturated rings. The molecule has 0 aromatic carbocycles. The lowest BCUT2D eigenvalue weighted by Gasteiger charge is -2.19. The van der Waals surface area contributed by atoms with Gasteiger partial charge in [0.25, 0.3) is 0 Å². The Hall–Kier alpha value is -1.32. The predicted molar refractivity (Wildman–Crippen MR) is 63.0 cm³/mol. The summed E-state index contributed by atoms with van der Waals surface area (Å²) in [5.41, 5.74) is 6.31. The first-order valence-electron chi connectivity index (χ1n) is 6.41. The maximum absolute atomic E-state index is 12.0. The minimum absolute atomic E-state index is 0.0473. The second-order valence-electron chi connectivity index (χ2n) is 4.84. The number of primary amides is 1. The molecule has 2 aliphatic carbocycles. The molecule has 2 N–H and O–H groups in total. The molecule has 17 heavy (non-hydrogen) atoms. The Kier molecular flexibility index (Phi) is 3.82. The number of carbonyl (C=O) groups is 2. The van der Waals surface area contributed by atoms with Gasteiger partial charge < -0.3 is 10.5 Å². The van der Waals surface area contributed by atoms with Gasteiger partial charge in [0.05, 0.1) is 0 Å². The Bertz CT molecular complexity index is 354. The van der Waals surface area contributed by atoms with Gasteiger partial charge >= 0.3 is 5.97 Å². The molecular weight excluding hydrogens is 218 g/mol. The van der Waals surface area contributed by atoms with Crippen LogP contribution in [0.25, 0.3) is 0 Å². The van der Waals surface area contributed by atoms with E-state index in [1.54, 1.807) is 0 Å². The summed E-state index contributed by atoms with van der Waals surface area (Å²) in [6.45, 7) is 0. The molecule has 1 amide bonds. The zero-order valence-corrected chi connectivity index (χ0v) is 10.0. The Labute approximate surface area is 101 Å². The zero-order valence-electron chi connectivity index (χ0n) is 10.0. The minimum Gasteiger partial charge on any atom is -0.459 e. The number of carbonyl (C=O) groups excluding carboxylic acids is 2. The second kappa shape index (κ2) is 5.34. The Balaban J connectivity index is 2.07. The number of esters is 1. The molecule has 0 bridgehead atoms. The molecule has 2 rings (SSSR count). The topological polar surface area (TPSA) is 69.4 Å². The lowest BCUT2D eigenvalue weighted by Crippen LogP contribution is -2.24. The Morgan fingerprint density at radius 1 is 1.00 bits per heavy atom. The van der Waals surface area contributed by atoms with Gasteiger partial charge in [-0.05, 0) is 51.4 Å². The molecule has 0 unspecified atom stereocenters. The van der Waals surface area contributed by atoms with E-state index in [-0.39, 0.29) is 12.1 Å². The lowest BCUT2D eigenvalue weighted by atomic mass is 9.91. The van der Waals surface area contributed by atoms with Crippen molar-refractivity contribution in [2.24, 2.45) is 5.73 Å². The van der Waals surface area contributed by atoms with E-state index in [1.165, 1.54) is 0 Å². The molecule has 2 aliphatic rings. The monoisotopic (exact) mass is 237 g/mol. The molecule has 4 nitrogen and oxygen atoms in total. The van der Waals surface area contributed by atoms with Crippen molar-refractivity contribution in [2.45, 2.75) is 57.5 Å². The average Bonchev–Trinajstić information content (AvgIpc) is 2.81. The maximum atomic E-state index is 12.0. The van der Waals surface area contributed by atoms with Crippen molar-refractivity contribution >= 4 is 11.9 Å². The Morgan fingerprint density at radius 2 is 1.59 bits per heavy atom.